The molecule has 0 unspecified atom stereocenters. The average Bonchev–Trinajstić information content (AvgIpc) is 3.34. The second-order valence-corrected chi connectivity index (χ2v) is 9.14. The first-order valence-corrected chi connectivity index (χ1v) is 11.4. The summed E-state index contributed by atoms with van der Waals surface area (Å²) in [5.74, 6) is -0.357. The molecule has 0 N–H and O–H groups in total. The van der Waals surface area contributed by atoms with Gasteiger partial charge in [0.15, 0.2) is 5.75 Å². The lowest BCUT2D eigenvalue weighted by Crippen LogP contribution is -2.18. The van der Waals surface area contributed by atoms with Crippen LogP contribution in [-0.4, -0.2) is 31.9 Å². The molecule has 10 heteroatoms. The molecule has 4 aromatic rings. The number of rotatable bonds is 5. The second-order valence-electron chi connectivity index (χ2n) is 8.05. The third-order valence-corrected chi connectivity index (χ3v) is 6.56. The molecule has 1 aromatic carbocycles. The highest BCUT2D eigenvalue weighted by atomic mass is 32.1. The molecule has 0 fully saturated rings. The molecule has 0 saturated heterocycles. The zero-order chi connectivity index (χ0) is 24.0. The molecule has 5 rings (SSSR count). The molecular weight excluding hydrogens is 465 g/mol. The number of halogens is 3. The molecule has 0 aliphatic heterocycles. The minimum atomic E-state index is -4.85. The number of ether oxygens (including phenoxy) is 1. The molecule has 1 aliphatic carbocycles. The average molecular weight is 485 g/mol. The lowest BCUT2D eigenvalue weighted by Gasteiger charge is -2.17. The van der Waals surface area contributed by atoms with Crippen molar-refractivity contribution in [3.05, 3.63) is 64.6 Å². The number of nitrogens with zero attached hydrogens (tertiary/aromatic N) is 4. The van der Waals surface area contributed by atoms with E-state index in [-0.39, 0.29) is 23.6 Å². The maximum atomic E-state index is 13.1. The molecule has 174 valence electrons. The number of Topliss-reactive ketones (excluding diaryl/α,β-unsaturated/α-hetero) is 1. The minimum absolute atomic E-state index is 0.00447. The van der Waals surface area contributed by atoms with Crippen LogP contribution in [-0.2, 0) is 24.1 Å². The molecule has 0 amide bonds. The largest absolute Gasteiger partial charge is 0.573 e. The van der Waals surface area contributed by atoms with Crippen molar-refractivity contribution in [1.29, 1.82) is 0 Å². The Morgan fingerprint density at radius 3 is 2.68 bits per heavy atom. The van der Waals surface area contributed by atoms with Crippen LogP contribution in [0.5, 0.6) is 5.75 Å². The van der Waals surface area contributed by atoms with Crippen LogP contribution in [0.4, 0.5) is 13.2 Å². The molecule has 34 heavy (non-hydrogen) atoms. The summed E-state index contributed by atoms with van der Waals surface area (Å²) in [5.41, 5.74) is 4.82. The number of benzene rings is 1. The molecule has 3 aromatic heterocycles. The number of aromatic nitrogens is 4. The molecule has 0 saturated carbocycles. The van der Waals surface area contributed by atoms with Gasteiger partial charge in [0.05, 0.1) is 28.4 Å². The maximum Gasteiger partial charge on any atom is 0.573 e. The number of pyridine rings is 1. The molecule has 0 bridgehead atoms. The van der Waals surface area contributed by atoms with Gasteiger partial charge in [-0.25, -0.2) is 9.67 Å². The van der Waals surface area contributed by atoms with Crippen LogP contribution in [0.2, 0.25) is 0 Å². The fourth-order valence-electron chi connectivity index (χ4n) is 4.06. The third-order valence-electron chi connectivity index (χ3n) is 5.46. The Bertz CT molecular complexity index is 1390. The zero-order valence-corrected chi connectivity index (χ0v) is 19.1. The normalized spacial score (nSPS) is 12.9. The van der Waals surface area contributed by atoms with E-state index >= 15 is 0 Å². The van der Waals surface area contributed by atoms with E-state index in [0.29, 0.717) is 29.2 Å². The Labute approximate surface area is 197 Å². The van der Waals surface area contributed by atoms with Crippen LogP contribution < -0.4 is 4.74 Å². The van der Waals surface area contributed by atoms with E-state index in [0.717, 1.165) is 27.4 Å². The number of hydrogen-bond donors (Lipinski definition) is 0. The van der Waals surface area contributed by atoms with E-state index < -0.39 is 6.36 Å². The number of carbonyl (C=O) groups excluding carboxylic acids is 1. The molecule has 6 nitrogen and oxygen atoms in total. The Morgan fingerprint density at radius 1 is 1.18 bits per heavy atom. The maximum absolute atomic E-state index is 13.1. The zero-order valence-electron chi connectivity index (χ0n) is 18.3. The summed E-state index contributed by atoms with van der Waals surface area (Å²) in [6, 6.07) is 9.69. The van der Waals surface area contributed by atoms with Gasteiger partial charge in [0.2, 0.25) is 0 Å². The first-order valence-electron chi connectivity index (χ1n) is 10.6. The highest BCUT2D eigenvalue weighted by Crippen LogP contribution is 2.44. The van der Waals surface area contributed by atoms with E-state index in [4.69, 9.17) is 5.10 Å². The van der Waals surface area contributed by atoms with Crippen molar-refractivity contribution >= 4 is 17.1 Å². The van der Waals surface area contributed by atoms with E-state index in [1.807, 2.05) is 19.1 Å². The summed E-state index contributed by atoms with van der Waals surface area (Å²) in [4.78, 5) is 21.5. The fourth-order valence-corrected chi connectivity index (χ4v) is 5.30. The van der Waals surface area contributed by atoms with E-state index in [1.165, 1.54) is 41.1 Å². The molecule has 0 spiro atoms. The van der Waals surface area contributed by atoms with Crippen LogP contribution in [0.25, 0.3) is 27.5 Å². The van der Waals surface area contributed by atoms with Crippen molar-refractivity contribution in [3.8, 4) is 33.3 Å². The first kappa shape index (κ1) is 22.3. The minimum Gasteiger partial charge on any atom is -0.403 e. The number of carbonyl (C=O) groups is 1. The lowest BCUT2D eigenvalue weighted by molar-refractivity contribution is -0.274. The summed E-state index contributed by atoms with van der Waals surface area (Å²) in [7, 11) is 0. The van der Waals surface area contributed by atoms with Crippen molar-refractivity contribution in [2.75, 3.05) is 0 Å². The lowest BCUT2D eigenvalue weighted by atomic mass is 9.95. The predicted molar refractivity (Wildman–Crippen MR) is 121 cm³/mol. The number of fused-ring (bicyclic) bond motifs is 3. The first-order chi connectivity index (χ1) is 16.2. The van der Waals surface area contributed by atoms with Gasteiger partial charge in [-0.15, -0.1) is 24.5 Å². The summed E-state index contributed by atoms with van der Waals surface area (Å²) in [5, 5.41) is 5.44. The van der Waals surface area contributed by atoms with Gasteiger partial charge < -0.3 is 4.74 Å². The number of para-hydroxylation sites is 2. The standard InChI is InChI=1S/C24H19F3N4O2S/c1-13-7-8-15(12-28-13)21-16-9-10-17-23(34-20(29-17)11-14(2)32)22(16)31(30-21)18-5-3-4-6-19(18)33-24(25,26)27/h3-8,12H,9-11H2,1-2H3. The summed E-state index contributed by atoms with van der Waals surface area (Å²) in [6.45, 7) is 3.38. The van der Waals surface area contributed by atoms with Crippen molar-refractivity contribution in [3.63, 3.8) is 0 Å². The Kier molecular flexibility index (Phi) is 5.47. The van der Waals surface area contributed by atoms with Crippen molar-refractivity contribution in [2.24, 2.45) is 0 Å². The van der Waals surface area contributed by atoms with Crippen molar-refractivity contribution in [1.82, 2.24) is 19.7 Å². The predicted octanol–water partition coefficient (Wildman–Crippen LogP) is 5.49. The monoisotopic (exact) mass is 484 g/mol. The van der Waals surface area contributed by atoms with Gasteiger partial charge in [0.1, 0.15) is 16.5 Å². The molecule has 0 radical (unpaired) electrons. The Balaban J connectivity index is 1.75. The number of thiazole rings is 1. The topological polar surface area (TPSA) is 69.9 Å². The number of alkyl halides is 3. The smallest absolute Gasteiger partial charge is 0.403 e. The highest BCUT2D eigenvalue weighted by Gasteiger charge is 2.34. The Hall–Kier alpha value is -3.53. The summed E-state index contributed by atoms with van der Waals surface area (Å²) >= 11 is 1.37. The van der Waals surface area contributed by atoms with Gasteiger partial charge in [0, 0.05) is 23.0 Å². The van der Waals surface area contributed by atoms with Crippen molar-refractivity contribution < 1.29 is 22.7 Å². The number of hydrogen-bond acceptors (Lipinski definition) is 6. The molecule has 3 heterocycles. The van der Waals surface area contributed by atoms with Crippen LogP contribution in [0.1, 0.15) is 28.9 Å². The second kappa shape index (κ2) is 8.35. The van der Waals surface area contributed by atoms with Crippen LogP contribution in [0.15, 0.2) is 42.6 Å². The van der Waals surface area contributed by atoms with E-state index in [2.05, 4.69) is 14.7 Å². The van der Waals surface area contributed by atoms with Gasteiger partial charge in [-0.1, -0.05) is 12.1 Å². The summed E-state index contributed by atoms with van der Waals surface area (Å²) in [6.07, 6.45) is -1.67. The van der Waals surface area contributed by atoms with Gasteiger partial charge in [-0.05, 0) is 51.0 Å². The number of aryl methyl sites for hydroxylation is 2. The summed E-state index contributed by atoms with van der Waals surface area (Å²) < 4.78 is 45.3. The SMILES string of the molecule is CC(=O)Cc1nc2c(s1)-c1c(c(-c3ccc(C)nc3)nn1-c1ccccc1OC(F)(F)F)CC2. The number of ketones is 1. The fraction of sp³-hybridized carbons (Fsp3) is 0.250. The van der Waals surface area contributed by atoms with E-state index in [9.17, 15) is 18.0 Å². The van der Waals surface area contributed by atoms with Crippen molar-refractivity contribution in [2.45, 2.75) is 39.5 Å². The van der Waals surface area contributed by atoms with Gasteiger partial charge in [-0.2, -0.15) is 5.10 Å². The van der Waals surface area contributed by atoms with Gasteiger partial charge in [-0.3, -0.25) is 9.78 Å². The van der Waals surface area contributed by atoms with Crippen LogP contribution in [0.3, 0.4) is 0 Å². The van der Waals surface area contributed by atoms with Crippen LogP contribution >= 0.6 is 11.3 Å². The van der Waals surface area contributed by atoms with Gasteiger partial charge >= 0.3 is 6.36 Å². The van der Waals surface area contributed by atoms with Crippen LogP contribution in [0, 0.1) is 6.92 Å². The van der Waals surface area contributed by atoms with E-state index in [1.54, 1.807) is 12.3 Å². The Morgan fingerprint density at radius 2 is 1.97 bits per heavy atom. The van der Waals surface area contributed by atoms with Gasteiger partial charge in [0.25, 0.3) is 0 Å². The third kappa shape index (κ3) is 4.21. The molecular formula is C24H19F3N4O2S. The quantitative estimate of drug-likeness (QED) is 0.374. The molecule has 0 atom stereocenters. The molecule has 1 aliphatic rings. The highest BCUT2D eigenvalue weighted by molar-refractivity contribution is 7.15.